The van der Waals surface area contributed by atoms with Gasteiger partial charge in [-0.2, -0.15) is 0 Å². The van der Waals surface area contributed by atoms with E-state index in [0.29, 0.717) is 6.04 Å². The van der Waals surface area contributed by atoms with Crippen LogP contribution < -0.4 is 5.32 Å². The maximum atomic E-state index is 3.67. The Labute approximate surface area is 107 Å². The number of nitrogens with one attached hydrogen (secondary N) is 1. The second kappa shape index (κ2) is 6.68. The Kier molecular flexibility index (Phi) is 5.54. The molecular weight excluding hydrogens is 206 g/mol. The average molecular weight is 233 g/mol. The van der Waals surface area contributed by atoms with Crippen LogP contribution in [0.3, 0.4) is 0 Å². The summed E-state index contributed by atoms with van der Waals surface area (Å²) in [5.74, 6) is 1.49. The summed E-state index contributed by atoms with van der Waals surface area (Å²) >= 11 is 0. The summed E-state index contributed by atoms with van der Waals surface area (Å²) in [7, 11) is 0. The standard InChI is InChI=1S/C16H27N/c1-12(2)10-16(11-13(3)4)17-15-8-6-14(5)7-9-15/h6-9,12-13,16-17H,10-11H2,1-5H3. The zero-order chi connectivity index (χ0) is 12.8. The van der Waals surface area contributed by atoms with Gasteiger partial charge in [0, 0.05) is 11.7 Å². The van der Waals surface area contributed by atoms with Gasteiger partial charge in [-0.3, -0.25) is 0 Å². The van der Waals surface area contributed by atoms with E-state index in [-0.39, 0.29) is 0 Å². The molecule has 0 aliphatic rings. The van der Waals surface area contributed by atoms with Gasteiger partial charge in [0.2, 0.25) is 0 Å². The van der Waals surface area contributed by atoms with E-state index in [9.17, 15) is 0 Å². The monoisotopic (exact) mass is 233 g/mol. The molecule has 0 saturated heterocycles. The molecule has 1 heteroatoms. The fraction of sp³-hybridized carbons (Fsp3) is 0.625. The van der Waals surface area contributed by atoms with Crippen molar-refractivity contribution in [2.75, 3.05) is 5.32 Å². The Bertz CT molecular complexity index is 301. The molecule has 0 amide bonds. The van der Waals surface area contributed by atoms with E-state index in [2.05, 4.69) is 64.2 Å². The van der Waals surface area contributed by atoms with E-state index < -0.39 is 0 Å². The fourth-order valence-corrected chi connectivity index (χ4v) is 2.24. The molecule has 0 radical (unpaired) electrons. The number of hydrogen-bond acceptors (Lipinski definition) is 1. The van der Waals surface area contributed by atoms with Crippen molar-refractivity contribution in [1.29, 1.82) is 0 Å². The normalized spacial score (nSPS) is 11.5. The highest BCUT2D eigenvalue weighted by molar-refractivity contribution is 5.45. The smallest absolute Gasteiger partial charge is 0.0342 e. The van der Waals surface area contributed by atoms with Crippen molar-refractivity contribution >= 4 is 5.69 Å². The van der Waals surface area contributed by atoms with Crippen molar-refractivity contribution in [1.82, 2.24) is 0 Å². The first kappa shape index (κ1) is 14.1. The molecule has 1 N–H and O–H groups in total. The summed E-state index contributed by atoms with van der Waals surface area (Å²) in [4.78, 5) is 0. The average Bonchev–Trinajstić information content (AvgIpc) is 2.19. The molecule has 17 heavy (non-hydrogen) atoms. The number of rotatable bonds is 6. The Morgan fingerprint density at radius 3 is 1.76 bits per heavy atom. The van der Waals surface area contributed by atoms with Crippen LogP contribution in [0.25, 0.3) is 0 Å². The van der Waals surface area contributed by atoms with Crippen LogP contribution in [-0.4, -0.2) is 6.04 Å². The van der Waals surface area contributed by atoms with E-state index in [1.165, 1.54) is 24.1 Å². The molecule has 1 aromatic rings. The zero-order valence-electron chi connectivity index (χ0n) is 12.0. The summed E-state index contributed by atoms with van der Waals surface area (Å²) in [6.07, 6.45) is 2.48. The third-order valence-corrected chi connectivity index (χ3v) is 2.93. The van der Waals surface area contributed by atoms with Crippen molar-refractivity contribution < 1.29 is 0 Å². The van der Waals surface area contributed by atoms with Gasteiger partial charge >= 0.3 is 0 Å². The molecular formula is C16H27N. The summed E-state index contributed by atoms with van der Waals surface area (Å²) in [5, 5.41) is 3.67. The molecule has 0 aliphatic heterocycles. The third kappa shape index (κ3) is 5.76. The minimum Gasteiger partial charge on any atom is -0.382 e. The van der Waals surface area contributed by atoms with Gasteiger partial charge in [-0.05, 0) is 43.7 Å². The van der Waals surface area contributed by atoms with Crippen LogP contribution in [0.15, 0.2) is 24.3 Å². The molecule has 0 aromatic heterocycles. The first-order valence-electron chi connectivity index (χ1n) is 6.80. The quantitative estimate of drug-likeness (QED) is 0.739. The summed E-state index contributed by atoms with van der Waals surface area (Å²) in [6.45, 7) is 11.3. The molecule has 0 unspecified atom stereocenters. The molecule has 0 fully saturated rings. The Hall–Kier alpha value is -0.980. The van der Waals surface area contributed by atoms with Crippen LogP contribution in [0.1, 0.15) is 46.1 Å². The summed E-state index contributed by atoms with van der Waals surface area (Å²) < 4.78 is 0. The maximum Gasteiger partial charge on any atom is 0.0342 e. The molecule has 0 saturated carbocycles. The van der Waals surface area contributed by atoms with Gasteiger partial charge in [-0.25, -0.2) is 0 Å². The Morgan fingerprint density at radius 1 is 0.882 bits per heavy atom. The van der Waals surface area contributed by atoms with E-state index in [1.54, 1.807) is 0 Å². The predicted octanol–water partition coefficient (Wildman–Crippen LogP) is 4.87. The molecule has 0 heterocycles. The summed E-state index contributed by atoms with van der Waals surface area (Å²) in [6, 6.07) is 9.30. The van der Waals surface area contributed by atoms with Gasteiger partial charge in [0.1, 0.15) is 0 Å². The number of benzene rings is 1. The van der Waals surface area contributed by atoms with Crippen molar-refractivity contribution in [2.45, 2.75) is 53.5 Å². The van der Waals surface area contributed by atoms with Crippen LogP contribution in [-0.2, 0) is 0 Å². The lowest BCUT2D eigenvalue weighted by molar-refractivity contribution is 0.442. The number of anilines is 1. The van der Waals surface area contributed by atoms with Gasteiger partial charge in [0.15, 0.2) is 0 Å². The lowest BCUT2D eigenvalue weighted by atomic mass is 9.95. The van der Waals surface area contributed by atoms with E-state index in [1.807, 2.05) is 0 Å². The fourth-order valence-electron chi connectivity index (χ4n) is 2.24. The highest BCUT2D eigenvalue weighted by Gasteiger charge is 2.12. The lowest BCUT2D eigenvalue weighted by Gasteiger charge is -2.23. The molecule has 0 bridgehead atoms. The van der Waals surface area contributed by atoms with Crippen LogP contribution in [0.4, 0.5) is 5.69 Å². The topological polar surface area (TPSA) is 12.0 Å². The van der Waals surface area contributed by atoms with Gasteiger partial charge in [0.25, 0.3) is 0 Å². The van der Waals surface area contributed by atoms with Crippen molar-refractivity contribution in [2.24, 2.45) is 11.8 Å². The van der Waals surface area contributed by atoms with E-state index >= 15 is 0 Å². The molecule has 1 aromatic carbocycles. The highest BCUT2D eigenvalue weighted by atomic mass is 14.9. The van der Waals surface area contributed by atoms with Gasteiger partial charge < -0.3 is 5.32 Å². The first-order chi connectivity index (χ1) is 7.97. The molecule has 0 atom stereocenters. The van der Waals surface area contributed by atoms with Crippen LogP contribution in [0.2, 0.25) is 0 Å². The zero-order valence-corrected chi connectivity index (χ0v) is 12.0. The minimum atomic E-state index is 0.595. The lowest BCUT2D eigenvalue weighted by Crippen LogP contribution is -2.23. The highest BCUT2D eigenvalue weighted by Crippen LogP contribution is 2.19. The molecule has 0 aliphatic carbocycles. The second-order valence-corrected chi connectivity index (χ2v) is 5.97. The molecule has 1 rings (SSSR count). The van der Waals surface area contributed by atoms with Crippen molar-refractivity contribution in [3.63, 3.8) is 0 Å². The Balaban J connectivity index is 2.61. The Morgan fingerprint density at radius 2 is 1.35 bits per heavy atom. The largest absolute Gasteiger partial charge is 0.382 e. The molecule has 0 spiro atoms. The number of aryl methyl sites for hydroxylation is 1. The van der Waals surface area contributed by atoms with Crippen molar-refractivity contribution in [3.8, 4) is 0 Å². The van der Waals surface area contributed by atoms with Gasteiger partial charge in [-0.1, -0.05) is 45.4 Å². The predicted molar refractivity (Wildman–Crippen MR) is 77.5 cm³/mol. The van der Waals surface area contributed by atoms with Crippen molar-refractivity contribution in [3.05, 3.63) is 29.8 Å². The van der Waals surface area contributed by atoms with Gasteiger partial charge in [0.05, 0.1) is 0 Å². The minimum absolute atomic E-state index is 0.595. The maximum absolute atomic E-state index is 3.67. The third-order valence-electron chi connectivity index (χ3n) is 2.93. The first-order valence-corrected chi connectivity index (χ1v) is 6.80. The SMILES string of the molecule is Cc1ccc(NC(CC(C)C)CC(C)C)cc1. The molecule has 96 valence electrons. The van der Waals surface area contributed by atoms with Crippen LogP contribution in [0, 0.1) is 18.8 Å². The second-order valence-electron chi connectivity index (χ2n) is 5.97. The van der Waals surface area contributed by atoms with Crippen LogP contribution in [0.5, 0.6) is 0 Å². The molecule has 1 nitrogen and oxygen atoms in total. The summed E-state index contributed by atoms with van der Waals surface area (Å²) in [5.41, 5.74) is 2.57. The van der Waals surface area contributed by atoms with E-state index in [4.69, 9.17) is 0 Å². The number of hydrogen-bond donors (Lipinski definition) is 1. The van der Waals surface area contributed by atoms with Crippen LogP contribution >= 0.6 is 0 Å². The van der Waals surface area contributed by atoms with E-state index in [0.717, 1.165) is 11.8 Å². The van der Waals surface area contributed by atoms with Gasteiger partial charge in [-0.15, -0.1) is 0 Å².